The van der Waals surface area contributed by atoms with Crippen LogP contribution in [-0.4, -0.2) is 25.9 Å². The minimum atomic E-state index is -3.69. The van der Waals surface area contributed by atoms with E-state index in [1.165, 1.54) is 12.1 Å². The van der Waals surface area contributed by atoms with Crippen LogP contribution in [0.4, 0.5) is 4.79 Å². The highest BCUT2D eigenvalue weighted by atomic mass is 32.2. The maximum absolute atomic E-state index is 12.3. The average Bonchev–Trinajstić information content (AvgIpc) is 2.52. The molecule has 1 heterocycles. The molecule has 0 radical (unpaired) electrons. The van der Waals surface area contributed by atoms with Crippen LogP contribution in [0.2, 0.25) is 0 Å². The number of carbonyl (C=O) groups is 1. The second-order valence-electron chi connectivity index (χ2n) is 5.76. The molecule has 3 N–H and O–H groups in total. The van der Waals surface area contributed by atoms with Gasteiger partial charge in [-0.05, 0) is 29.7 Å². The van der Waals surface area contributed by atoms with Crippen LogP contribution >= 0.6 is 0 Å². The van der Waals surface area contributed by atoms with Crippen molar-refractivity contribution in [1.82, 2.24) is 10.2 Å². The number of nitrogens with two attached hydrogens (primary N) is 1. The van der Waals surface area contributed by atoms with Crippen molar-refractivity contribution in [3.63, 3.8) is 0 Å². The first-order valence-electron chi connectivity index (χ1n) is 7.66. The number of amides is 2. The number of sulfonamides is 1. The molecule has 1 unspecified atom stereocenters. The minimum absolute atomic E-state index is 0.0597. The predicted octanol–water partition coefficient (Wildman–Crippen LogP) is 1.99. The van der Waals surface area contributed by atoms with Gasteiger partial charge in [0.15, 0.2) is 0 Å². The van der Waals surface area contributed by atoms with Crippen molar-refractivity contribution >= 4 is 16.1 Å². The predicted molar refractivity (Wildman–Crippen MR) is 90.6 cm³/mol. The number of hydrogen-bond donors (Lipinski definition) is 2. The molecule has 1 fully saturated rings. The van der Waals surface area contributed by atoms with E-state index in [0.29, 0.717) is 6.54 Å². The first-order chi connectivity index (χ1) is 11.4. The van der Waals surface area contributed by atoms with E-state index in [1.54, 1.807) is 17.0 Å². The SMILES string of the molecule is NS(=O)(=O)c1ccc(CNC(=O)N2CCC2c2ccccc2)cc1. The third-order valence-electron chi connectivity index (χ3n) is 4.16. The summed E-state index contributed by atoms with van der Waals surface area (Å²) in [6.45, 7) is 1.07. The van der Waals surface area contributed by atoms with Crippen LogP contribution in [0.1, 0.15) is 23.6 Å². The van der Waals surface area contributed by atoms with Crippen molar-refractivity contribution in [2.75, 3.05) is 6.54 Å². The van der Waals surface area contributed by atoms with Gasteiger partial charge in [0.05, 0.1) is 10.9 Å². The average molecular weight is 345 g/mol. The molecule has 0 spiro atoms. The molecule has 0 aromatic heterocycles. The molecular weight excluding hydrogens is 326 g/mol. The second-order valence-corrected chi connectivity index (χ2v) is 7.32. The summed E-state index contributed by atoms with van der Waals surface area (Å²) >= 11 is 0. The summed E-state index contributed by atoms with van der Waals surface area (Å²) in [7, 11) is -3.69. The zero-order valence-electron chi connectivity index (χ0n) is 13.1. The number of likely N-dealkylation sites (tertiary alicyclic amines) is 1. The zero-order valence-corrected chi connectivity index (χ0v) is 13.9. The van der Waals surface area contributed by atoms with Crippen molar-refractivity contribution < 1.29 is 13.2 Å². The number of urea groups is 1. The van der Waals surface area contributed by atoms with E-state index in [1.807, 2.05) is 30.3 Å². The quantitative estimate of drug-likeness (QED) is 0.887. The van der Waals surface area contributed by atoms with Gasteiger partial charge in [-0.15, -0.1) is 0 Å². The lowest BCUT2D eigenvalue weighted by molar-refractivity contribution is 0.115. The summed E-state index contributed by atoms with van der Waals surface area (Å²) in [4.78, 5) is 14.2. The molecule has 0 aliphatic carbocycles. The molecule has 6 nitrogen and oxygen atoms in total. The second kappa shape index (κ2) is 6.62. The van der Waals surface area contributed by atoms with Gasteiger partial charge in [-0.1, -0.05) is 42.5 Å². The molecule has 1 atom stereocenters. The Morgan fingerprint density at radius 2 is 1.79 bits per heavy atom. The van der Waals surface area contributed by atoms with Gasteiger partial charge in [0, 0.05) is 13.1 Å². The summed E-state index contributed by atoms with van der Waals surface area (Å²) < 4.78 is 22.4. The van der Waals surface area contributed by atoms with E-state index in [4.69, 9.17) is 5.14 Å². The summed E-state index contributed by atoms with van der Waals surface area (Å²) in [5.41, 5.74) is 1.95. The maximum Gasteiger partial charge on any atom is 0.318 e. The Labute approximate surface area is 141 Å². The highest BCUT2D eigenvalue weighted by Crippen LogP contribution is 2.32. The largest absolute Gasteiger partial charge is 0.334 e. The highest BCUT2D eigenvalue weighted by Gasteiger charge is 2.32. The van der Waals surface area contributed by atoms with Crippen LogP contribution < -0.4 is 10.5 Å². The van der Waals surface area contributed by atoms with Crippen LogP contribution in [0.3, 0.4) is 0 Å². The zero-order chi connectivity index (χ0) is 17.2. The molecule has 0 saturated carbocycles. The molecule has 1 aliphatic rings. The van der Waals surface area contributed by atoms with Gasteiger partial charge in [0.2, 0.25) is 10.0 Å². The lowest BCUT2D eigenvalue weighted by Crippen LogP contribution is -2.49. The van der Waals surface area contributed by atoms with Crippen LogP contribution in [0.5, 0.6) is 0 Å². The summed E-state index contributed by atoms with van der Waals surface area (Å²) in [5.74, 6) is 0. The molecular formula is C17H19N3O3S. The molecule has 2 aromatic rings. The van der Waals surface area contributed by atoms with Crippen LogP contribution in [0.15, 0.2) is 59.5 Å². The fourth-order valence-electron chi connectivity index (χ4n) is 2.73. The minimum Gasteiger partial charge on any atom is -0.334 e. The van der Waals surface area contributed by atoms with Gasteiger partial charge in [-0.25, -0.2) is 18.4 Å². The van der Waals surface area contributed by atoms with Crippen LogP contribution in [-0.2, 0) is 16.6 Å². The number of hydrogen-bond acceptors (Lipinski definition) is 3. The molecule has 7 heteroatoms. The van der Waals surface area contributed by atoms with Crippen molar-refractivity contribution in [3.05, 3.63) is 65.7 Å². The topological polar surface area (TPSA) is 92.5 Å². The standard InChI is InChI=1S/C17H19N3O3S/c18-24(22,23)15-8-6-13(7-9-15)12-19-17(21)20-11-10-16(20)14-4-2-1-3-5-14/h1-9,16H,10-12H2,(H,19,21)(H2,18,22,23). The van der Waals surface area contributed by atoms with E-state index >= 15 is 0 Å². The van der Waals surface area contributed by atoms with Gasteiger partial charge in [-0.3, -0.25) is 0 Å². The van der Waals surface area contributed by atoms with Crippen LogP contribution in [0.25, 0.3) is 0 Å². The maximum atomic E-state index is 12.3. The van der Waals surface area contributed by atoms with Gasteiger partial charge in [0.25, 0.3) is 0 Å². The molecule has 2 amide bonds. The monoisotopic (exact) mass is 345 g/mol. The number of primary sulfonamides is 1. The van der Waals surface area contributed by atoms with Gasteiger partial charge >= 0.3 is 6.03 Å². The van der Waals surface area contributed by atoms with E-state index in [0.717, 1.165) is 24.1 Å². The Hall–Kier alpha value is -2.38. The van der Waals surface area contributed by atoms with Gasteiger partial charge < -0.3 is 10.2 Å². The fourth-order valence-corrected chi connectivity index (χ4v) is 3.24. The normalized spacial score (nSPS) is 17.2. The third-order valence-corrected chi connectivity index (χ3v) is 5.09. The molecule has 1 aliphatic heterocycles. The molecule has 2 aromatic carbocycles. The molecule has 3 rings (SSSR count). The number of nitrogens with one attached hydrogen (secondary N) is 1. The van der Waals surface area contributed by atoms with Crippen molar-refractivity contribution in [3.8, 4) is 0 Å². The Balaban J connectivity index is 1.58. The van der Waals surface area contributed by atoms with Crippen LogP contribution in [0, 0.1) is 0 Å². The lowest BCUT2D eigenvalue weighted by Gasteiger charge is -2.41. The third kappa shape index (κ3) is 3.58. The first-order valence-corrected chi connectivity index (χ1v) is 9.21. The fraction of sp³-hybridized carbons (Fsp3) is 0.235. The number of rotatable bonds is 4. The summed E-state index contributed by atoms with van der Waals surface area (Å²) in [6.07, 6.45) is 0.959. The van der Waals surface area contributed by atoms with E-state index in [-0.39, 0.29) is 17.0 Å². The van der Waals surface area contributed by atoms with E-state index in [2.05, 4.69) is 5.32 Å². The first kappa shape index (κ1) is 16.5. The molecule has 24 heavy (non-hydrogen) atoms. The highest BCUT2D eigenvalue weighted by molar-refractivity contribution is 7.89. The Morgan fingerprint density at radius 1 is 1.12 bits per heavy atom. The molecule has 1 saturated heterocycles. The van der Waals surface area contributed by atoms with Gasteiger partial charge in [0.1, 0.15) is 0 Å². The number of carbonyl (C=O) groups excluding carboxylic acids is 1. The van der Waals surface area contributed by atoms with Crippen molar-refractivity contribution in [2.24, 2.45) is 5.14 Å². The number of benzene rings is 2. The summed E-state index contributed by atoms with van der Waals surface area (Å²) in [6, 6.07) is 16.1. The van der Waals surface area contributed by atoms with Crippen molar-refractivity contribution in [1.29, 1.82) is 0 Å². The molecule has 0 bridgehead atoms. The summed E-state index contributed by atoms with van der Waals surface area (Å²) in [5, 5.41) is 7.93. The Kier molecular flexibility index (Phi) is 4.55. The molecule has 126 valence electrons. The van der Waals surface area contributed by atoms with Crippen molar-refractivity contribution in [2.45, 2.75) is 23.9 Å². The Morgan fingerprint density at radius 3 is 2.33 bits per heavy atom. The van der Waals surface area contributed by atoms with E-state index in [9.17, 15) is 13.2 Å². The Bertz CT molecular complexity index is 820. The van der Waals surface area contributed by atoms with E-state index < -0.39 is 10.0 Å². The van der Waals surface area contributed by atoms with Gasteiger partial charge in [-0.2, -0.15) is 0 Å². The smallest absolute Gasteiger partial charge is 0.318 e. The lowest BCUT2D eigenvalue weighted by atomic mass is 9.95. The number of nitrogens with zero attached hydrogens (tertiary/aromatic N) is 1.